The monoisotopic (exact) mass is 298 g/mol. The van der Waals surface area contributed by atoms with Crippen molar-refractivity contribution in [2.24, 2.45) is 5.41 Å². The van der Waals surface area contributed by atoms with Crippen LogP contribution in [0.25, 0.3) is 0 Å². The minimum absolute atomic E-state index is 0.299. The van der Waals surface area contributed by atoms with Crippen LogP contribution in [0.2, 0.25) is 0 Å². The van der Waals surface area contributed by atoms with Crippen molar-refractivity contribution in [1.29, 1.82) is 0 Å². The Labute approximate surface area is 125 Å². The molecule has 0 bridgehead atoms. The first kappa shape index (κ1) is 16.1. The summed E-state index contributed by atoms with van der Waals surface area (Å²) in [5, 5.41) is 12.3. The van der Waals surface area contributed by atoms with Gasteiger partial charge in [0, 0.05) is 19.7 Å². The number of likely N-dealkylation sites (tertiary alicyclic amines) is 1. The van der Waals surface area contributed by atoms with E-state index in [4.69, 9.17) is 4.74 Å². The summed E-state index contributed by atoms with van der Waals surface area (Å²) in [6, 6.07) is -1.07. The lowest BCUT2D eigenvalue weighted by atomic mass is 9.76. The van der Waals surface area contributed by atoms with E-state index < -0.39 is 17.4 Å². The van der Waals surface area contributed by atoms with Crippen molar-refractivity contribution in [3.8, 4) is 0 Å². The number of rotatable bonds is 3. The second kappa shape index (κ2) is 5.83. The Balaban J connectivity index is 2.01. The van der Waals surface area contributed by atoms with Gasteiger partial charge < -0.3 is 20.1 Å². The van der Waals surface area contributed by atoms with Crippen LogP contribution in [-0.2, 0) is 9.53 Å². The third kappa shape index (κ3) is 3.48. The molecule has 2 saturated heterocycles. The molecular formula is C15H26N2O4. The fraction of sp³-hybridized carbons (Fsp3) is 0.867. The van der Waals surface area contributed by atoms with Crippen LogP contribution in [-0.4, -0.2) is 53.3 Å². The maximum absolute atomic E-state index is 12.4. The Morgan fingerprint density at radius 1 is 1.29 bits per heavy atom. The number of carbonyl (C=O) groups excluding carboxylic acids is 1. The Bertz CT molecular complexity index is 416. The zero-order valence-corrected chi connectivity index (χ0v) is 13.1. The summed E-state index contributed by atoms with van der Waals surface area (Å²) in [4.78, 5) is 25.4. The summed E-state index contributed by atoms with van der Waals surface area (Å²) in [6.07, 6.45) is 3.56. The predicted molar refractivity (Wildman–Crippen MR) is 78.1 cm³/mol. The van der Waals surface area contributed by atoms with Gasteiger partial charge in [-0.15, -0.1) is 0 Å². The summed E-state index contributed by atoms with van der Waals surface area (Å²) in [7, 11) is 0. The number of amides is 2. The molecule has 21 heavy (non-hydrogen) atoms. The third-order valence-electron chi connectivity index (χ3n) is 4.68. The minimum atomic E-state index is -0.932. The molecule has 2 aliphatic heterocycles. The molecule has 0 aliphatic carbocycles. The molecule has 2 heterocycles. The minimum Gasteiger partial charge on any atom is -0.480 e. The Hall–Kier alpha value is -1.30. The number of nitrogens with one attached hydrogen (secondary N) is 1. The highest BCUT2D eigenvalue weighted by Gasteiger charge is 2.44. The topological polar surface area (TPSA) is 78.9 Å². The fourth-order valence-corrected chi connectivity index (χ4v) is 3.42. The summed E-state index contributed by atoms with van der Waals surface area (Å²) in [5.74, 6) is -0.932. The van der Waals surface area contributed by atoms with E-state index in [2.05, 4.69) is 5.32 Å². The maximum atomic E-state index is 12.4. The van der Waals surface area contributed by atoms with Gasteiger partial charge in [0.25, 0.3) is 0 Å². The first-order valence-electron chi connectivity index (χ1n) is 7.66. The summed E-state index contributed by atoms with van der Waals surface area (Å²) >= 11 is 0. The lowest BCUT2D eigenvalue weighted by Gasteiger charge is -2.44. The van der Waals surface area contributed by atoms with E-state index >= 15 is 0 Å². The van der Waals surface area contributed by atoms with E-state index in [1.807, 2.05) is 20.8 Å². The van der Waals surface area contributed by atoms with Gasteiger partial charge in [0.1, 0.15) is 6.04 Å². The smallest absolute Gasteiger partial charge is 0.327 e. The Kier molecular flexibility index (Phi) is 4.46. The predicted octanol–water partition coefficient (Wildman–Crippen LogP) is 1.84. The zero-order valence-electron chi connectivity index (χ0n) is 13.1. The molecule has 2 N–H and O–H groups in total. The number of hydrogen-bond donors (Lipinski definition) is 2. The van der Waals surface area contributed by atoms with Crippen molar-refractivity contribution < 1.29 is 19.4 Å². The lowest BCUT2D eigenvalue weighted by molar-refractivity contribution is -0.148. The molecule has 2 unspecified atom stereocenters. The average molecular weight is 298 g/mol. The molecule has 120 valence electrons. The van der Waals surface area contributed by atoms with Crippen molar-refractivity contribution >= 4 is 12.0 Å². The summed E-state index contributed by atoms with van der Waals surface area (Å²) in [5.41, 5.74) is -0.727. The van der Waals surface area contributed by atoms with Crippen molar-refractivity contribution in [2.45, 2.75) is 58.1 Å². The van der Waals surface area contributed by atoms with Crippen LogP contribution in [0.1, 0.15) is 46.5 Å². The molecule has 0 radical (unpaired) electrons. The van der Waals surface area contributed by atoms with Gasteiger partial charge in [-0.3, -0.25) is 0 Å². The molecule has 6 heteroatoms. The fourth-order valence-electron chi connectivity index (χ4n) is 3.42. The number of nitrogens with zero attached hydrogens (tertiary/aromatic N) is 1. The highest BCUT2D eigenvalue weighted by Crippen LogP contribution is 2.35. The molecule has 0 aromatic rings. The standard InChI is InChI=1S/C15H26N2O4/c1-14(2)6-4-8-17(11(14)12(18)19)13(20)16-10-15(3)7-5-9-21-15/h11H,4-10H2,1-3H3,(H,16,20)(H,18,19). The number of piperidine rings is 1. The summed E-state index contributed by atoms with van der Waals surface area (Å²) < 4.78 is 5.64. The Morgan fingerprint density at radius 3 is 2.57 bits per heavy atom. The molecule has 2 fully saturated rings. The van der Waals surface area contributed by atoms with Gasteiger partial charge in [0.05, 0.1) is 5.60 Å². The summed E-state index contributed by atoms with van der Waals surface area (Å²) in [6.45, 7) is 7.44. The SMILES string of the molecule is CC1(CNC(=O)N2CCCC(C)(C)C2C(=O)O)CCCO1. The molecular weight excluding hydrogens is 272 g/mol. The molecule has 0 saturated carbocycles. The molecule has 2 rings (SSSR count). The zero-order chi connectivity index (χ0) is 15.7. The first-order valence-corrected chi connectivity index (χ1v) is 7.66. The van der Waals surface area contributed by atoms with Crippen LogP contribution in [0.3, 0.4) is 0 Å². The van der Waals surface area contributed by atoms with Crippen LogP contribution in [0, 0.1) is 5.41 Å². The molecule has 0 aromatic heterocycles. The van der Waals surface area contributed by atoms with Crippen LogP contribution in [0.15, 0.2) is 0 Å². The number of carboxylic acid groups (broad SMARTS) is 1. The number of ether oxygens (including phenoxy) is 1. The van der Waals surface area contributed by atoms with Crippen molar-refractivity contribution in [1.82, 2.24) is 10.2 Å². The normalized spacial score (nSPS) is 32.0. The Morgan fingerprint density at radius 2 is 2.00 bits per heavy atom. The quantitative estimate of drug-likeness (QED) is 0.833. The average Bonchev–Trinajstić information content (AvgIpc) is 2.81. The van der Waals surface area contributed by atoms with Crippen LogP contribution in [0.4, 0.5) is 4.79 Å². The number of urea groups is 1. The molecule has 0 spiro atoms. The third-order valence-corrected chi connectivity index (χ3v) is 4.68. The van der Waals surface area contributed by atoms with Gasteiger partial charge in [-0.1, -0.05) is 13.8 Å². The maximum Gasteiger partial charge on any atom is 0.327 e. The van der Waals surface area contributed by atoms with Gasteiger partial charge in [0.15, 0.2) is 0 Å². The van der Waals surface area contributed by atoms with Gasteiger partial charge in [-0.2, -0.15) is 0 Å². The first-order chi connectivity index (χ1) is 9.75. The van der Waals surface area contributed by atoms with E-state index in [0.29, 0.717) is 13.1 Å². The van der Waals surface area contributed by atoms with Gasteiger partial charge in [-0.25, -0.2) is 9.59 Å². The number of hydrogen-bond acceptors (Lipinski definition) is 3. The van der Waals surface area contributed by atoms with Crippen molar-refractivity contribution in [3.63, 3.8) is 0 Å². The molecule has 6 nitrogen and oxygen atoms in total. The second-order valence-electron chi connectivity index (χ2n) is 7.09. The number of carbonyl (C=O) groups is 2. The van der Waals surface area contributed by atoms with E-state index in [0.717, 1.165) is 32.3 Å². The largest absolute Gasteiger partial charge is 0.480 e. The van der Waals surface area contributed by atoms with E-state index in [1.165, 1.54) is 4.90 Å². The van der Waals surface area contributed by atoms with Crippen LogP contribution >= 0.6 is 0 Å². The second-order valence-corrected chi connectivity index (χ2v) is 7.09. The molecule has 2 atom stereocenters. The number of carboxylic acids is 1. The van der Waals surface area contributed by atoms with Gasteiger partial charge in [-0.05, 0) is 38.0 Å². The molecule has 2 aliphatic rings. The van der Waals surface area contributed by atoms with Gasteiger partial charge >= 0.3 is 12.0 Å². The lowest BCUT2D eigenvalue weighted by Crippen LogP contribution is -2.59. The van der Waals surface area contributed by atoms with Crippen molar-refractivity contribution in [2.75, 3.05) is 19.7 Å². The van der Waals surface area contributed by atoms with Crippen LogP contribution < -0.4 is 5.32 Å². The van der Waals surface area contributed by atoms with Crippen LogP contribution in [0.5, 0.6) is 0 Å². The molecule has 2 amide bonds. The molecule has 0 aromatic carbocycles. The van der Waals surface area contributed by atoms with E-state index in [9.17, 15) is 14.7 Å². The van der Waals surface area contributed by atoms with Gasteiger partial charge in [0.2, 0.25) is 0 Å². The van der Waals surface area contributed by atoms with E-state index in [1.54, 1.807) is 0 Å². The van der Waals surface area contributed by atoms with E-state index in [-0.39, 0.29) is 11.6 Å². The highest BCUT2D eigenvalue weighted by molar-refractivity contribution is 5.83. The highest BCUT2D eigenvalue weighted by atomic mass is 16.5. The number of aliphatic carboxylic acids is 1. The van der Waals surface area contributed by atoms with Crippen molar-refractivity contribution in [3.05, 3.63) is 0 Å².